The van der Waals surface area contributed by atoms with Crippen LogP contribution in [0.3, 0.4) is 0 Å². The predicted octanol–water partition coefficient (Wildman–Crippen LogP) is -0.406. The predicted molar refractivity (Wildman–Crippen MR) is 67.9 cm³/mol. The number of nitrogens with one attached hydrogen (secondary N) is 2. The first-order chi connectivity index (χ1) is 9.17. The molecule has 1 saturated heterocycles. The molecule has 19 heavy (non-hydrogen) atoms. The maximum Gasteiger partial charge on any atom is 0.268 e. The van der Waals surface area contributed by atoms with E-state index in [4.69, 9.17) is 10.3 Å². The molecule has 2 rings (SSSR count). The van der Waals surface area contributed by atoms with Crippen LogP contribution in [0.1, 0.15) is 29.5 Å². The van der Waals surface area contributed by atoms with Crippen molar-refractivity contribution in [3.63, 3.8) is 0 Å². The van der Waals surface area contributed by atoms with E-state index in [-0.39, 0.29) is 11.9 Å². The Morgan fingerprint density at radius 3 is 3.16 bits per heavy atom. The lowest BCUT2D eigenvalue weighted by molar-refractivity contribution is -0.129. The molecule has 2 amide bonds. The second-order valence-corrected chi connectivity index (χ2v) is 4.42. The van der Waals surface area contributed by atoms with Crippen LogP contribution in [0.4, 0.5) is 0 Å². The number of furan rings is 1. The topological polar surface area (TPSA) is 101 Å². The van der Waals surface area contributed by atoms with Crippen LogP contribution in [0.2, 0.25) is 0 Å². The molecule has 4 N–H and O–H groups in total. The maximum absolute atomic E-state index is 11.8. The Hall–Kier alpha value is -1.86. The average Bonchev–Trinajstić information content (AvgIpc) is 2.86. The summed E-state index contributed by atoms with van der Waals surface area (Å²) >= 11 is 0. The van der Waals surface area contributed by atoms with Crippen molar-refractivity contribution in [2.75, 3.05) is 13.1 Å². The summed E-state index contributed by atoms with van der Waals surface area (Å²) in [5, 5.41) is 2.83. The maximum atomic E-state index is 11.8. The van der Waals surface area contributed by atoms with Gasteiger partial charge in [-0.05, 0) is 12.5 Å². The van der Waals surface area contributed by atoms with Crippen molar-refractivity contribution in [3.8, 4) is 0 Å². The van der Waals surface area contributed by atoms with Crippen molar-refractivity contribution in [2.45, 2.75) is 25.9 Å². The molecule has 7 nitrogen and oxygen atoms in total. The molecule has 1 aromatic heterocycles. The lowest BCUT2D eigenvalue weighted by Crippen LogP contribution is -2.54. The van der Waals surface area contributed by atoms with Crippen LogP contribution in [0.15, 0.2) is 16.7 Å². The van der Waals surface area contributed by atoms with Crippen molar-refractivity contribution in [1.82, 2.24) is 15.6 Å². The third kappa shape index (κ3) is 2.77. The fourth-order valence-electron chi connectivity index (χ4n) is 2.32. The van der Waals surface area contributed by atoms with Gasteiger partial charge in [0.05, 0.1) is 24.4 Å². The number of nitrogens with zero attached hydrogens (tertiary/aromatic N) is 1. The van der Waals surface area contributed by atoms with Gasteiger partial charge >= 0.3 is 0 Å². The molecule has 104 valence electrons. The SMILES string of the molecule is CCC1C(=O)NCCN1Cc1occc1C(=O)NN. The van der Waals surface area contributed by atoms with Gasteiger partial charge in [0.15, 0.2) is 0 Å². The normalized spacial score (nSPS) is 20.1. The Labute approximate surface area is 111 Å². The van der Waals surface area contributed by atoms with Gasteiger partial charge < -0.3 is 9.73 Å². The van der Waals surface area contributed by atoms with E-state index in [0.717, 1.165) is 6.54 Å². The van der Waals surface area contributed by atoms with Crippen LogP contribution in [-0.2, 0) is 11.3 Å². The Bertz CT molecular complexity index is 471. The Kier molecular flexibility index (Phi) is 4.18. The van der Waals surface area contributed by atoms with Crippen LogP contribution >= 0.6 is 0 Å². The van der Waals surface area contributed by atoms with Crippen LogP contribution in [0.25, 0.3) is 0 Å². The minimum Gasteiger partial charge on any atom is -0.467 e. The van der Waals surface area contributed by atoms with Crippen LogP contribution in [-0.4, -0.2) is 35.8 Å². The number of carbonyl (C=O) groups excluding carboxylic acids is 2. The summed E-state index contributed by atoms with van der Waals surface area (Å²) in [5.74, 6) is 5.27. The number of amides is 2. The van der Waals surface area contributed by atoms with Gasteiger partial charge in [0.1, 0.15) is 5.76 Å². The third-order valence-electron chi connectivity index (χ3n) is 3.30. The number of hydrogen-bond acceptors (Lipinski definition) is 5. The number of hydrogen-bond donors (Lipinski definition) is 3. The fraction of sp³-hybridized carbons (Fsp3) is 0.500. The largest absolute Gasteiger partial charge is 0.467 e. The van der Waals surface area contributed by atoms with Crippen LogP contribution < -0.4 is 16.6 Å². The van der Waals surface area contributed by atoms with Gasteiger partial charge in [-0.3, -0.25) is 19.9 Å². The highest BCUT2D eigenvalue weighted by molar-refractivity contribution is 5.94. The third-order valence-corrected chi connectivity index (χ3v) is 3.30. The molecule has 0 bridgehead atoms. The number of rotatable bonds is 4. The van der Waals surface area contributed by atoms with Crippen molar-refractivity contribution in [2.24, 2.45) is 5.84 Å². The number of piperazine rings is 1. The first-order valence-corrected chi connectivity index (χ1v) is 6.26. The standard InChI is InChI=1S/C12H18N4O3/c1-2-9-12(18)14-4-5-16(9)7-10-8(3-6-19-10)11(17)15-13/h3,6,9H,2,4-5,7,13H2,1H3,(H,14,18)(H,15,17). The smallest absolute Gasteiger partial charge is 0.268 e. The lowest BCUT2D eigenvalue weighted by Gasteiger charge is -2.33. The molecule has 1 atom stereocenters. The number of nitrogens with two attached hydrogens (primary N) is 1. The average molecular weight is 266 g/mol. The molecule has 0 aliphatic carbocycles. The van der Waals surface area contributed by atoms with E-state index < -0.39 is 5.91 Å². The molecular weight excluding hydrogens is 248 g/mol. The highest BCUT2D eigenvalue weighted by atomic mass is 16.3. The highest BCUT2D eigenvalue weighted by Crippen LogP contribution is 2.17. The number of nitrogen functional groups attached to an aromatic ring is 1. The molecule has 0 saturated carbocycles. The number of hydrazine groups is 1. The molecule has 2 heterocycles. The summed E-state index contributed by atoms with van der Waals surface area (Å²) in [6, 6.07) is 1.38. The van der Waals surface area contributed by atoms with Gasteiger partial charge in [0.25, 0.3) is 5.91 Å². The molecule has 1 fully saturated rings. The highest BCUT2D eigenvalue weighted by Gasteiger charge is 2.29. The van der Waals surface area contributed by atoms with E-state index in [2.05, 4.69) is 10.7 Å². The summed E-state index contributed by atoms with van der Waals surface area (Å²) in [7, 11) is 0. The fourth-order valence-corrected chi connectivity index (χ4v) is 2.32. The number of carbonyl (C=O) groups is 2. The second kappa shape index (κ2) is 5.85. The van der Waals surface area contributed by atoms with Crippen molar-refractivity contribution in [3.05, 3.63) is 23.7 Å². The summed E-state index contributed by atoms with van der Waals surface area (Å²) in [4.78, 5) is 25.3. The Morgan fingerprint density at radius 1 is 1.68 bits per heavy atom. The van der Waals surface area contributed by atoms with Gasteiger partial charge in [0, 0.05) is 13.1 Å². The Morgan fingerprint density at radius 2 is 2.47 bits per heavy atom. The van der Waals surface area contributed by atoms with Gasteiger partial charge in [-0.2, -0.15) is 0 Å². The molecule has 1 aliphatic rings. The molecule has 0 radical (unpaired) electrons. The first kappa shape index (κ1) is 13.6. The summed E-state index contributed by atoms with van der Waals surface area (Å²) in [6.07, 6.45) is 2.16. The van der Waals surface area contributed by atoms with Crippen molar-refractivity contribution in [1.29, 1.82) is 0 Å². The minimum absolute atomic E-state index is 0.0186. The van der Waals surface area contributed by atoms with Crippen molar-refractivity contribution < 1.29 is 14.0 Å². The quantitative estimate of drug-likeness (QED) is 0.391. The summed E-state index contributed by atoms with van der Waals surface area (Å²) < 4.78 is 5.33. The van der Waals surface area contributed by atoms with E-state index in [9.17, 15) is 9.59 Å². The molecule has 7 heteroatoms. The molecular formula is C12H18N4O3. The minimum atomic E-state index is -0.391. The van der Waals surface area contributed by atoms with Gasteiger partial charge in [-0.25, -0.2) is 5.84 Å². The van der Waals surface area contributed by atoms with E-state index in [1.165, 1.54) is 6.26 Å². The molecule has 1 aliphatic heterocycles. The van der Waals surface area contributed by atoms with Gasteiger partial charge in [-0.15, -0.1) is 0 Å². The van der Waals surface area contributed by atoms with Crippen LogP contribution in [0.5, 0.6) is 0 Å². The molecule has 1 unspecified atom stereocenters. The zero-order valence-electron chi connectivity index (χ0n) is 10.8. The summed E-state index contributed by atoms with van der Waals surface area (Å²) in [5.41, 5.74) is 2.49. The van der Waals surface area contributed by atoms with E-state index in [0.29, 0.717) is 30.8 Å². The molecule has 0 aromatic carbocycles. The Balaban J connectivity index is 2.14. The summed E-state index contributed by atoms with van der Waals surface area (Å²) in [6.45, 7) is 3.71. The van der Waals surface area contributed by atoms with Gasteiger partial charge in [0.2, 0.25) is 5.91 Å². The second-order valence-electron chi connectivity index (χ2n) is 4.42. The van der Waals surface area contributed by atoms with E-state index >= 15 is 0 Å². The van der Waals surface area contributed by atoms with Crippen LogP contribution in [0, 0.1) is 0 Å². The monoisotopic (exact) mass is 266 g/mol. The zero-order valence-corrected chi connectivity index (χ0v) is 10.8. The zero-order chi connectivity index (χ0) is 13.8. The van der Waals surface area contributed by atoms with E-state index in [1.54, 1.807) is 6.07 Å². The van der Waals surface area contributed by atoms with Crippen molar-refractivity contribution >= 4 is 11.8 Å². The van der Waals surface area contributed by atoms with E-state index in [1.807, 2.05) is 11.8 Å². The van der Waals surface area contributed by atoms with Gasteiger partial charge in [-0.1, -0.05) is 6.92 Å². The first-order valence-electron chi connectivity index (χ1n) is 6.26. The lowest BCUT2D eigenvalue weighted by atomic mass is 10.1. The molecule has 0 spiro atoms. The molecule has 1 aromatic rings.